The summed E-state index contributed by atoms with van der Waals surface area (Å²) in [6.45, 7) is 2.28. The Bertz CT molecular complexity index is 559. The molecule has 1 heterocycles. The Labute approximate surface area is 115 Å². The molecule has 2 atom stereocenters. The van der Waals surface area contributed by atoms with E-state index in [9.17, 15) is 0 Å². The molecule has 0 N–H and O–H groups in total. The van der Waals surface area contributed by atoms with Crippen LogP contribution in [0.2, 0.25) is 0 Å². The number of nitrogens with zero attached hydrogens (tertiary/aromatic N) is 1. The van der Waals surface area contributed by atoms with E-state index in [1.807, 2.05) is 0 Å². The molecule has 1 heteroatoms. The molecule has 19 heavy (non-hydrogen) atoms. The van der Waals surface area contributed by atoms with Crippen LogP contribution in [0.15, 0.2) is 65.7 Å². The molecule has 0 aromatic heterocycles. The van der Waals surface area contributed by atoms with Crippen LogP contribution in [-0.4, -0.2) is 6.21 Å². The van der Waals surface area contributed by atoms with E-state index in [4.69, 9.17) is 4.99 Å². The minimum absolute atomic E-state index is 0.0898. The Morgan fingerprint density at radius 3 is 2.16 bits per heavy atom. The third-order valence-corrected chi connectivity index (χ3v) is 4.09. The fourth-order valence-electron chi connectivity index (χ4n) is 2.80. The molecule has 1 aliphatic rings. The molecule has 0 fully saturated rings. The topological polar surface area (TPSA) is 12.4 Å². The zero-order valence-corrected chi connectivity index (χ0v) is 11.3. The van der Waals surface area contributed by atoms with Gasteiger partial charge in [-0.1, -0.05) is 67.6 Å². The highest BCUT2D eigenvalue weighted by molar-refractivity contribution is 5.74. The van der Waals surface area contributed by atoms with E-state index in [1.54, 1.807) is 0 Å². The summed E-state index contributed by atoms with van der Waals surface area (Å²) in [5, 5.41) is 0. The summed E-state index contributed by atoms with van der Waals surface area (Å²) < 4.78 is 0. The van der Waals surface area contributed by atoms with Gasteiger partial charge >= 0.3 is 0 Å². The third kappa shape index (κ3) is 2.46. The van der Waals surface area contributed by atoms with Crippen molar-refractivity contribution < 1.29 is 0 Å². The molecule has 0 aliphatic carbocycles. The van der Waals surface area contributed by atoms with Gasteiger partial charge in [-0.25, -0.2) is 0 Å². The van der Waals surface area contributed by atoms with Crippen LogP contribution in [0, 0.1) is 0 Å². The van der Waals surface area contributed by atoms with E-state index in [0.717, 1.165) is 12.8 Å². The van der Waals surface area contributed by atoms with Crippen LogP contribution >= 0.6 is 0 Å². The first-order valence-electron chi connectivity index (χ1n) is 6.93. The molecule has 0 spiro atoms. The van der Waals surface area contributed by atoms with Crippen molar-refractivity contribution in [3.63, 3.8) is 0 Å². The second kappa shape index (κ2) is 5.00. The van der Waals surface area contributed by atoms with Gasteiger partial charge in [0.05, 0.1) is 6.04 Å². The average Bonchev–Trinajstić information content (AvgIpc) is 2.50. The Morgan fingerprint density at radius 1 is 0.947 bits per heavy atom. The van der Waals surface area contributed by atoms with Gasteiger partial charge in [-0.2, -0.15) is 0 Å². The van der Waals surface area contributed by atoms with Crippen LogP contribution < -0.4 is 0 Å². The van der Waals surface area contributed by atoms with Gasteiger partial charge in [-0.3, -0.25) is 4.99 Å². The van der Waals surface area contributed by atoms with Gasteiger partial charge < -0.3 is 0 Å². The first kappa shape index (κ1) is 12.2. The first-order valence-corrected chi connectivity index (χ1v) is 6.93. The van der Waals surface area contributed by atoms with Gasteiger partial charge in [0.25, 0.3) is 0 Å². The standard InChI is InChI=1S/C18H19N/c1-18(16-10-6-3-7-11-16)13-12-17(19-14-18)15-8-4-2-5-9-15/h2-11,14,17H,12-13H2,1H3/t17-,18-/m0/s1. The molecule has 0 bridgehead atoms. The predicted octanol–water partition coefficient (Wildman–Crippen LogP) is 4.55. The number of hydrogen-bond donors (Lipinski definition) is 0. The van der Waals surface area contributed by atoms with Crippen LogP contribution in [-0.2, 0) is 5.41 Å². The van der Waals surface area contributed by atoms with Crippen LogP contribution in [0.1, 0.15) is 36.9 Å². The second-order valence-corrected chi connectivity index (χ2v) is 5.53. The van der Waals surface area contributed by atoms with Crippen molar-refractivity contribution in [2.75, 3.05) is 0 Å². The molecular weight excluding hydrogens is 230 g/mol. The van der Waals surface area contributed by atoms with E-state index in [0.29, 0.717) is 6.04 Å². The molecule has 1 aliphatic heterocycles. The van der Waals surface area contributed by atoms with E-state index >= 15 is 0 Å². The Kier molecular flexibility index (Phi) is 3.20. The highest BCUT2D eigenvalue weighted by atomic mass is 14.8. The van der Waals surface area contributed by atoms with Crippen LogP contribution in [0.3, 0.4) is 0 Å². The molecule has 0 amide bonds. The molecule has 0 saturated heterocycles. The fourth-order valence-corrected chi connectivity index (χ4v) is 2.80. The van der Waals surface area contributed by atoms with Crippen molar-refractivity contribution in [1.29, 1.82) is 0 Å². The smallest absolute Gasteiger partial charge is 0.0745 e. The molecule has 0 saturated carbocycles. The van der Waals surface area contributed by atoms with E-state index in [1.165, 1.54) is 11.1 Å². The summed E-state index contributed by atoms with van der Waals surface area (Å²) >= 11 is 0. The molecule has 2 aromatic carbocycles. The zero-order valence-electron chi connectivity index (χ0n) is 11.3. The van der Waals surface area contributed by atoms with Gasteiger partial charge in [0.2, 0.25) is 0 Å². The quantitative estimate of drug-likeness (QED) is 0.740. The lowest BCUT2D eigenvalue weighted by molar-refractivity contribution is 0.478. The van der Waals surface area contributed by atoms with E-state index < -0.39 is 0 Å². The van der Waals surface area contributed by atoms with Crippen LogP contribution in [0.5, 0.6) is 0 Å². The Morgan fingerprint density at radius 2 is 1.58 bits per heavy atom. The number of hydrogen-bond acceptors (Lipinski definition) is 1. The molecule has 2 aromatic rings. The number of benzene rings is 2. The minimum Gasteiger partial charge on any atom is -0.289 e. The lowest BCUT2D eigenvalue weighted by Crippen LogP contribution is -2.28. The Balaban J connectivity index is 1.84. The monoisotopic (exact) mass is 249 g/mol. The van der Waals surface area contributed by atoms with Crippen LogP contribution in [0.25, 0.3) is 0 Å². The highest BCUT2D eigenvalue weighted by Gasteiger charge is 2.29. The average molecular weight is 249 g/mol. The van der Waals surface area contributed by atoms with Crippen molar-refractivity contribution in [3.8, 4) is 0 Å². The summed E-state index contributed by atoms with van der Waals surface area (Å²) in [5.74, 6) is 0. The summed E-state index contributed by atoms with van der Waals surface area (Å²) in [4.78, 5) is 4.80. The van der Waals surface area contributed by atoms with E-state index in [-0.39, 0.29) is 5.41 Å². The molecule has 3 rings (SSSR count). The molecule has 0 unspecified atom stereocenters. The lowest BCUT2D eigenvalue weighted by Gasteiger charge is -2.32. The van der Waals surface area contributed by atoms with Gasteiger partial charge in [0.1, 0.15) is 0 Å². The van der Waals surface area contributed by atoms with Gasteiger partial charge in [0, 0.05) is 11.6 Å². The molecule has 96 valence electrons. The maximum absolute atomic E-state index is 4.80. The van der Waals surface area contributed by atoms with Crippen molar-refractivity contribution in [2.45, 2.75) is 31.2 Å². The highest BCUT2D eigenvalue weighted by Crippen LogP contribution is 2.36. The normalized spacial score (nSPS) is 26.3. The largest absolute Gasteiger partial charge is 0.289 e. The zero-order chi connectivity index (χ0) is 13.1. The number of aliphatic imine (C=N–C) groups is 1. The van der Waals surface area contributed by atoms with E-state index in [2.05, 4.69) is 73.8 Å². The Hall–Kier alpha value is -1.89. The van der Waals surface area contributed by atoms with Crippen molar-refractivity contribution in [2.24, 2.45) is 4.99 Å². The maximum Gasteiger partial charge on any atom is 0.0745 e. The SMILES string of the molecule is C[C@@]1(c2ccccc2)C=N[C@H](c2ccccc2)CC1. The van der Waals surface area contributed by atoms with Crippen LogP contribution in [0.4, 0.5) is 0 Å². The third-order valence-electron chi connectivity index (χ3n) is 4.09. The molecule has 1 nitrogen and oxygen atoms in total. The summed E-state index contributed by atoms with van der Waals surface area (Å²) in [5.41, 5.74) is 2.78. The van der Waals surface area contributed by atoms with Crippen molar-refractivity contribution in [3.05, 3.63) is 71.8 Å². The number of rotatable bonds is 2. The summed E-state index contributed by atoms with van der Waals surface area (Å²) in [7, 11) is 0. The van der Waals surface area contributed by atoms with Gasteiger partial charge in [-0.05, 0) is 24.0 Å². The maximum atomic E-state index is 4.80. The minimum atomic E-state index is 0.0898. The molecule has 0 radical (unpaired) electrons. The summed E-state index contributed by atoms with van der Waals surface area (Å²) in [6.07, 6.45) is 4.43. The first-order chi connectivity index (χ1) is 9.28. The fraction of sp³-hybridized carbons (Fsp3) is 0.278. The van der Waals surface area contributed by atoms with Gasteiger partial charge in [-0.15, -0.1) is 0 Å². The predicted molar refractivity (Wildman–Crippen MR) is 80.7 cm³/mol. The van der Waals surface area contributed by atoms with Crippen molar-refractivity contribution >= 4 is 6.21 Å². The summed E-state index contributed by atoms with van der Waals surface area (Å²) in [6, 6.07) is 21.6. The van der Waals surface area contributed by atoms with Gasteiger partial charge in [0.15, 0.2) is 0 Å². The second-order valence-electron chi connectivity index (χ2n) is 5.53. The molecular formula is C18H19N. The van der Waals surface area contributed by atoms with Crippen molar-refractivity contribution in [1.82, 2.24) is 0 Å². The lowest BCUT2D eigenvalue weighted by atomic mass is 9.76.